The van der Waals surface area contributed by atoms with Crippen molar-refractivity contribution in [1.29, 1.82) is 0 Å². The molecule has 1 atom stereocenters. The monoisotopic (exact) mass is 562 g/mol. The summed E-state index contributed by atoms with van der Waals surface area (Å²) in [4.78, 5) is 9.00. The molecular formula is C30H34N4O5S. The number of hydrogen-bond acceptors (Lipinski definition) is 8. The molecule has 2 aromatic heterocycles. The lowest BCUT2D eigenvalue weighted by molar-refractivity contribution is -0.0110. The lowest BCUT2D eigenvalue weighted by Crippen LogP contribution is -2.30. The van der Waals surface area contributed by atoms with Crippen molar-refractivity contribution < 1.29 is 22.1 Å². The summed E-state index contributed by atoms with van der Waals surface area (Å²) in [7, 11) is -3.78. The van der Waals surface area contributed by atoms with Crippen molar-refractivity contribution in [3.63, 3.8) is 0 Å². The van der Waals surface area contributed by atoms with Gasteiger partial charge in [0.05, 0.1) is 23.0 Å². The molecule has 3 heterocycles. The molecular weight excluding hydrogens is 528 g/mol. The van der Waals surface area contributed by atoms with Crippen LogP contribution in [0.4, 0.5) is 5.82 Å². The van der Waals surface area contributed by atoms with E-state index in [2.05, 4.69) is 20.7 Å². The maximum atomic E-state index is 12.6. The second kappa shape index (κ2) is 11.2. The molecule has 0 amide bonds. The predicted molar refractivity (Wildman–Crippen MR) is 153 cm³/mol. The summed E-state index contributed by atoms with van der Waals surface area (Å²) in [6.45, 7) is 3.39. The SMILES string of the molecule is Cc1ccc(S(=O)(=O)OC[C@H]2C[C@@H](n3cc(-c4cccc(OCC5CCCCO5)c4)c4c(N)ncnc43)C2)cc1. The normalized spacial score (nSPS) is 21.3. The number of ether oxygens (including phenoxy) is 2. The van der Waals surface area contributed by atoms with Crippen molar-refractivity contribution in [3.05, 3.63) is 66.6 Å². The number of aromatic nitrogens is 3. The maximum Gasteiger partial charge on any atom is 0.296 e. The molecule has 40 heavy (non-hydrogen) atoms. The molecule has 1 aliphatic carbocycles. The van der Waals surface area contributed by atoms with Gasteiger partial charge < -0.3 is 19.8 Å². The summed E-state index contributed by atoms with van der Waals surface area (Å²) in [6, 6.07) is 14.8. The minimum absolute atomic E-state index is 0.129. The van der Waals surface area contributed by atoms with Gasteiger partial charge in [0.1, 0.15) is 30.1 Å². The van der Waals surface area contributed by atoms with Crippen LogP contribution >= 0.6 is 0 Å². The van der Waals surface area contributed by atoms with Gasteiger partial charge >= 0.3 is 0 Å². The van der Waals surface area contributed by atoms with E-state index < -0.39 is 10.1 Å². The molecule has 210 valence electrons. The average molecular weight is 563 g/mol. The van der Waals surface area contributed by atoms with E-state index in [0.717, 1.165) is 65.8 Å². The van der Waals surface area contributed by atoms with Gasteiger partial charge in [-0.05, 0) is 74.8 Å². The fourth-order valence-electron chi connectivity index (χ4n) is 5.51. The largest absolute Gasteiger partial charge is 0.491 e. The molecule has 1 saturated heterocycles. The van der Waals surface area contributed by atoms with Gasteiger partial charge in [0.25, 0.3) is 10.1 Å². The van der Waals surface area contributed by atoms with Crippen LogP contribution in [-0.2, 0) is 19.0 Å². The molecule has 0 radical (unpaired) electrons. The summed E-state index contributed by atoms with van der Waals surface area (Å²) in [5, 5.41) is 0.803. The minimum atomic E-state index is -3.78. The third-order valence-corrected chi connectivity index (χ3v) is 9.16. The summed E-state index contributed by atoms with van der Waals surface area (Å²) in [5.41, 5.74) is 10.0. The lowest BCUT2D eigenvalue weighted by atomic mass is 9.81. The van der Waals surface area contributed by atoms with E-state index in [-0.39, 0.29) is 29.6 Å². The standard InChI is InChI=1S/C30H34N4O5S/c1-20-8-10-26(11-9-20)40(35,36)39-17-21-13-23(14-21)34-16-27(28-29(31)32-19-33-30(28)34)22-5-4-7-24(15-22)38-18-25-6-2-3-12-37-25/h4-5,7-11,15-16,19,21,23,25H,2-3,6,12-14,17-18H2,1H3,(H2,31,32,33)/t21-,23+,25?. The third-order valence-electron chi connectivity index (χ3n) is 7.87. The number of benzene rings is 2. The maximum absolute atomic E-state index is 12.6. The molecule has 2 aromatic carbocycles. The fraction of sp³-hybridized carbons (Fsp3) is 0.400. The topological polar surface area (TPSA) is 119 Å². The Labute approximate surface area is 234 Å². The fourth-order valence-corrected chi connectivity index (χ4v) is 6.49. The van der Waals surface area contributed by atoms with Gasteiger partial charge in [-0.1, -0.05) is 29.8 Å². The molecule has 1 saturated carbocycles. The zero-order valence-electron chi connectivity index (χ0n) is 22.5. The Morgan fingerprint density at radius 3 is 2.67 bits per heavy atom. The van der Waals surface area contributed by atoms with Crippen LogP contribution in [0, 0.1) is 12.8 Å². The van der Waals surface area contributed by atoms with Crippen molar-refractivity contribution in [2.45, 2.75) is 56.1 Å². The van der Waals surface area contributed by atoms with Crippen molar-refractivity contribution in [2.75, 3.05) is 25.6 Å². The summed E-state index contributed by atoms with van der Waals surface area (Å²) < 4.78 is 44.6. The molecule has 0 bridgehead atoms. The number of fused-ring (bicyclic) bond motifs is 1. The summed E-state index contributed by atoms with van der Waals surface area (Å²) in [6.07, 6.45) is 8.54. The average Bonchev–Trinajstić information content (AvgIpc) is 3.33. The highest BCUT2D eigenvalue weighted by atomic mass is 32.2. The van der Waals surface area contributed by atoms with Crippen molar-refractivity contribution >= 4 is 27.0 Å². The van der Waals surface area contributed by atoms with Gasteiger partial charge in [-0.25, -0.2) is 9.97 Å². The van der Waals surface area contributed by atoms with Gasteiger partial charge in [0, 0.05) is 24.4 Å². The Bertz CT molecular complexity index is 1590. The molecule has 1 unspecified atom stereocenters. The molecule has 0 spiro atoms. The molecule has 2 aliphatic rings. The Hall–Kier alpha value is -3.47. The Morgan fingerprint density at radius 1 is 1.07 bits per heavy atom. The van der Waals surface area contributed by atoms with Gasteiger partial charge in [0.2, 0.25) is 0 Å². The highest BCUT2D eigenvalue weighted by Crippen LogP contribution is 2.43. The van der Waals surface area contributed by atoms with Crippen LogP contribution in [0.25, 0.3) is 22.2 Å². The van der Waals surface area contributed by atoms with E-state index in [4.69, 9.17) is 19.4 Å². The Kier molecular flexibility index (Phi) is 7.48. The van der Waals surface area contributed by atoms with E-state index in [0.29, 0.717) is 12.4 Å². The first-order chi connectivity index (χ1) is 19.4. The van der Waals surface area contributed by atoms with Crippen LogP contribution in [0.3, 0.4) is 0 Å². The van der Waals surface area contributed by atoms with Crippen LogP contribution in [-0.4, -0.2) is 48.9 Å². The van der Waals surface area contributed by atoms with Crippen LogP contribution in [0.5, 0.6) is 5.75 Å². The summed E-state index contributed by atoms with van der Waals surface area (Å²) >= 11 is 0. The van der Waals surface area contributed by atoms with E-state index in [1.165, 1.54) is 12.7 Å². The van der Waals surface area contributed by atoms with E-state index in [1.807, 2.05) is 31.2 Å². The molecule has 9 nitrogen and oxygen atoms in total. The number of nitrogen functional groups attached to an aromatic ring is 1. The highest BCUT2D eigenvalue weighted by Gasteiger charge is 2.34. The molecule has 4 aromatic rings. The van der Waals surface area contributed by atoms with Gasteiger partial charge in [-0.3, -0.25) is 4.18 Å². The van der Waals surface area contributed by atoms with Gasteiger partial charge in [-0.15, -0.1) is 0 Å². The number of aryl methyl sites for hydroxylation is 1. The molecule has 10 heteroatoms. The van der Waals surface area contributed by atoms with E-state index >= 15 is 0 Å². The zero-order valence-corrected chi connectivity index (χ0v) is 23.3. The molecule has 1 aliphatic heterocycles. The van der Waals surface area contributed by atoms with Crippen molar-refractivity contribution in [3.8, 4) is 16.9 Å². The number of nitrogens with zero attached hydrogens (tertiary/aromatic N) is 3. The Balaban J connectivity index is 1.16. The Morgan fingerprint density at radius 2 is 1.90 bits per heavy atom. The third kappa shape index (κ3) is 5.56. The van der Waals surface area contributed by atoms with Crippen LogP contribution in [0.1, 0.15) is 43.7 Å². The van der Waals surface area contributed by atoms with Crippen LogP contribution < -0.4 is 10.5 Å². The quantitative estimate of drug-likeness (QED) is 0.273. The lowest BCUT2D eigenvalue weighted by Gasteiger charge is -2.36. The first kappa shape index (κ1) is 26.7. The minimum Gasteiger partial charge on any atom is -0.491 e. The summed E-state index contributed by atoms with van der Waals surface area (Å²) in [5.74, 6) is 1.33. The second-order valence-corrected chi connectivity index (χ2v) is 12.4. The van der Waals surface area contributed by atoms with Crippen molar-refractivity contribution in [2.24, 2.45) is 5.92 Å². The van der Waals surface area contributed by atoms with Crippen LogP contribution in [0.15, 0.2) is 66.0 Å². The highest BCUT2D eigenvalue weighted by molar-refractivity contribution is 7.86. The van der Waals surface area contributed by atoms with E-state index in [1.54, 1.807) is 24.3 Å². The number of nitrogens with two attached hydrogens (primary N) is 1. The van der Waals surface area contributed by atoms with E-state index in [9.17, 15) is 8.42 Å². The van der Waals surface area contributed by atoms with Gasteiger partial charge in [-0.2, -0.15) is 8.42 Å². The first-order valence-electron chi connectivity index (χ1n) is 13.8. The predicted octanol–water partition coefficient (Wildman–Crippen LogP) is 5.29. The first-order valence-corrected chi connectivity index (χ1v) is 15.2. The number of anilines is 1. The number of hydrogen-bond donors (Lipinski definition) is 1. The van der Waals surface area contributed by atoms with Crippen molar-refractivity contribution in [1.82, 2.24) is 14.5 Å². The zero-order chi connectivity index (χ0) is 27.7. The van der Waals surface area contributed by atoms with Gasteiger partial charge in [0.15, 0.2) is 0 Å². The smallest absolute Gasteiger partial charge is 0.296 e. The molecule has 2 N–H and O–H groups in total. The molecule has 6 rings (SSSR count). The number of rotatable bonds is 9. The molecule has 2 fully saturated rings. The van der Waals surface area contributed by atoms with Crippen LogP contribution in [0.2, 0.25) is 0 Å². The second-order valence-electron chi connectivity index (χ2n) is 10.8.